The van der Waals surface area contributed by atoms with Gasteiger partial charge in [0.2, 0.25) is 5.91 Å². The molecule has 134 valence electrons. The van der Waals surface area contributed by atoms with Gasteiger partial charge in [0.25, 0.3) is 6.47 Å². The molecular formula is C18H23N3O3S. The van der Waals surface area contributed by atoms with Crippen molar-refractivity contribution in [2.24, 2.45) is 5.92 Å². The molecule has 1 aliphatic rings. The van der Waals surface area contributed by atoms with Crippen molar-refractivity contribution in [3.63, 3.8) is 0 Å². The molecular weight excluding hydrogens is 338 g/mol. The lowest BCUT2D eigenvalue weighted by molar-refractivity contribution is -0.130. The number of thiazole rings is 1. The molecule has 1 amide bonds. The van der Waals surface area contributed by atoms with E-state index in [1.807, 2.05) is 30.2 Å². The summed E-state index contributed by atoms with van der Waals surface area (Å²) >= 11 is 1.65. The number of hydrogen-bond donors (Lipinski definition) is 1. The highest BCUT2D eigenvalue weighted by molar-refractivity contribution is 7.09. The van der Waals surface area contributed by atoms with Gasteiger partial charge in [0, 0.05) is 36.8 Å². The zero-order valence-corrected chi connectivity index (χ0v) is 15.1. The fourth-order valence-electron chi connectivity index (χ4n) is 2.96. The number of likely N-dealkylation sites (tertiary alicyclic amines) is 1. The zero-order chi connectivity index (χ0) is 18.1. The number of carbonyl (C=O) groups excluding carboxylic acids is 1. The van der Waals surface area contributed by atoms with E-state index >= 15 is 0 Å². The molecule has 1 N–H and O–H groups in total. The van der Waals surface area contributed by atoms with Crippen molar-refractivity contribution in [3.05, 3.63) is 46.2 Å². The van der Waals surface area contributed by atoms with Gasteiger partial charge in [0.05, 0.1) is 10.7 Å². The predicted molar refractivity (Wildman–Crippen MR) is 96.5 cm³/mol. The first-order valence-corrected chi connectivity index (χ1v) is 9.17. The molecule has 2 aromatic heterocycles. The molecule has 2 aromatic rings. The molecule has 1 fully saturated rings. The third-order valence-electron chi connectivity index (χ3n) is 4.12. The largest absolute Gasteiger partial charge is 0.483 e. The van der Waals surface area contributed by atoms with E-state index in [9.17, 15) is 4.79 Å². The quantitative estimate of drug-likeness (QED) is 0.828. The molecule has 3 rings (SSSR count). The number of hydrogen-bond acceptors (Lipinski definition) is 5. The van der Waals surface area contributed by atoms with Crippen LogP contribution in [0.3, 0.4) is 0 Å². The molecule has 0 spiro atoms. The van der Waals surface area contributed by atoms with Crippen molar-refractivity contribution in [3.8, 4) is 0 Å². The van der Waals surface area contributed by atoms with Crippen LogP contribution < -0.4 is 0 Å². The first kappa shape index (κ1) is 19.1. The van der Waals surface area contributed by atoms with Crippen LogP contribution in [0.1, 0.15) is 29.2 Å². The summed E-state index contributed by atoms with van der Waals surface area (Å²) in [5.41, 5.74) is 2.17. The predicted octanol–water partition coefficient (Wildman–Crippen LogP) is 2.57. The molecule has 6 nitrogen and oxygen atoms in total. The molecule has 0 radical (unpaired) electrons. The van der Waals surface area contributed by atoms with Gasteiger partial charge in [0.15, 0.2) is 0 Å². The lowest BCUT2D eigenvalue weighted by Gasteiger charge is -2.16. The van der Waals surface area contributed by atoms with E-state index in [2.05, 4.69) is 21.4 Å². The van der Waals surface area contributed by atoms with E-state index in [0.29, 0.717) is 12.3 Å². The Hall–Kier alpha value is -2.28. The standard InChI is InChI=1S/C17H21N3OS.CH2O2/c1-13-19-16(12-22-13)5-6-17(21)20-9-7-14(11-20)10-15-4-2-3-8-18-15;2-1-3/h2-4,8,12,14H,5-7,9-11H2,1H3;1H,(H,2,3). The molecule has 7 heteroatoms. The Labute approximate surface area is 151 Å². The Bertz CT molecular complexity index is 675. The molecule has 1 unspecified atom stereocenters. The Kier molecular flexibility index (Phi) is 7.53. The lowest BCUT2D eigenvalue weighted by atomic mass is 10.0. The van der Waals surface area contributed by atoms with Crippen molar-refractivity contribution in [2.75, 3.05) is 13.1 Å². The summed E-state index contributed by atoms with van der Waals surface area (Å²) in [6, 6.07) is 6.03. The highest BCUT2D eigenvalue weighted by Crippen LogP contribution is 2.21. The summed E-state index contributed by atoms with van der Waals surface area (Å²) in [5.74, 6) is 0.801. The molecule has 0 aliphatic carbocycles. The molecule has 1 saturated heterocycles. The zero-order valence-electron chi connectivity index (χ0n) is 14.3. The number of rotatable bonds is 5. The average Bonchev–Trinajstić information content (AvgIpc) is 3.23. The van der Waals surface area contributed by atoms with Gasteiger partial charge in [-0.1, -0.05) is 6.07 Å². The number of amides is 1. The van der Waals surface area contributed by atoms with Crippen LogP contribution in [0, 0.1) is 12.8 Å². The van der Waals surface area contributed by atoms with E-state index in [0.717, 1.165) is 48.7 Å². The summed E-state index contributed by atoms with van der Waals surface area (Å²) < 4.78 is 0. The first-order chi connectivity index (χ1) is 12.1. The number of pyridine rings is 1. The van der Waals surface area contributed by atoms with E-state index in [1.165, 1.54) is 0 Å². The molecule has 0 aromatic carbocycles. The monoisotopic (exact) mass is 361 g/mol. The van der Waals surface area contributed by atoms with E-state index in [1.54, 1.807) is 11.3 Å². The van der Waals surface area contributed by atoms with Gasteiger partial charge in [-0.05, 0) is 44.2 Å². The van der Waals surface area contributed by atoms with Crippen LogP contribution in [0.5, 0.6) is 0 Å². The Balaban J connectivity index is 0.000000701. The van der Waals surface area contributed by atoms with Crippen LogP contribution in [0.4, 0.5) is 0 Å². The summed E-state index contributed by atoms with van der Waals surface area (Å²) in [7, 11) is 0. The van der Waals surface area contributed by atoms with E-state index in [-0.39, 0.29) is 12.4 Å². The number of aryl methyl sites for hydroxylation is 2. The number of carboxylic acid groups (broad SMARTS) is 1. The van der Waals surface area contributed by atoms with Gasteiger partial charge in [-0.15, -0.1) is 11.3 Å². The van der Waals surface area contributed by atoms with Crippen LogP contribution in [-0.4, -0.2) is 45.4 Å². The summed E-state index contributed by atoms with van der Waals surface area (Å²) in [6.45, 7) is 3.50. The Morgan fingerprint density at radius 3 is 2.88 bits per heavy atom. The maximum atomic E-state index is 12.3. The fourth-order valence-corrected chi connectivity index (χ4v) is 3.60. The number of nitrogens with zero attached hydrogens (tertiary/aromatic N) is 3. The summed E-state index contributed by atoms with van der Waals surface area (Å²) in [4.78, 5) is 31.5. The second-order valence-corrected chi connectivity index (χ2v) is 7.05. The Morgan fingerprint density at radius 2 is 2.24 bits per heavy atom. The summed E-state index contributed by atoms with van der Waals surface area (Å²) in [5, 5.41) is 10.0. The van der Waals surface area contributed by atoms with Crippen molar-refractivity contribution in [1.29, 1.82) is 0 Å². The SMILES string of the molecule is Cc1nc(CCC(=O)N2CCC(Cc3ccccn3)C2)cs1.O=CO. The van der Waals surface area contributed by atoms with E-state index < -0.39 is 0 Å². The van der Waals surface area contributed by atoms with Crippen molar-refractivity contribution >= 4 is 23.7 Å². The van der Waals surface area contributed by atoms with Crippen LogP contribution in [-0.2, 0) is 22.4 Å². The van der Waals surface area contributed by atoms with Crippen molar-refractivity contribution < 1.29 is 14.7 Å². The van der Waals surface area contributed by atoms with Gasteiger partial charge in [-0.3, -0.25) is 14.6 Å². The Morgan fingerprint density at radius 1 is 1.44 bits per heavy atom. The van der Waals surface area contributed by atoms with Crippen LogP contribution in [0.2, 0.25) is 0 Å². The highest BCUT2D eigenvalue weighted by atomic mass is 32.1. The molecule has 3 heterocycles. The van der Waals surface area contributed by atoms with E-state index in [4.69, 9.17) is 9.90 Å². The number of carbonyl (C=O) groups is 2. The van der Waals surface area contributed by atoms with Crippen LogP contribution >= 0.6 is 11.3 Å². The van der Waals surface area contributed by atoms with Gasteiger partial charge < -0.3 is 10.0 Å². The topological polar surface area (TPSA) is 83.4 Å². The lowest BCUT2D eigenvalue weighted by Crippen LogP contribution is -2.29. The normalized spacial score (nSPS) is 16.2. The molecule has 0 saturated carbocycles. The minimum Gasteiger partial charge on any atom is -0.483 e. The summed E-state index contributed by atoms with van der Waals surface area (Å²) in [6.07, 6.45) is 5.21. The molecule has 1 aliphatic heterocycles. The first-order valence-electron chi connectivity index (χ1n) is 8.29. The highest BCUT2D eigenvalue weighted by Gasteiger charge is 2.26. The van der Waals surface area contributed by atoms with Crippen LogP contribution in [0.15, 0.2) is 29.8 Å². The minimum atomic E-state index is -0.250. The van der Waals surface area contributed by atoms with Gasteiger partial charge in [-0.2, -0.15) is 0 Å². The second-order valence-electron chi connectivity index (χ2n) is 5.98. The second kappa shape index (κ2) is 9.88. The van der Waals surface area contributed by atoms with Crippen molar-refractivity contribution in [1.82, 2.24) is 14.9 Å². The average molecular weight is 361 g/mol. The smallest absolute Gasteiger partial charge is 0.290 e. The molecule has 1 atom stereocenters. The fraction of sp³-hybridized carbons (Fsp3) is 0.444. The maximum Gasteiger partial charge on any atom is 0.290 e. The third kappa shape index (κ3) is 6.26. The van der Waals surface area contributed by atoms with Gasteiger partial charge in [-0.25, -0.2) is 4.98 Å². The maximum absolute atomic E-state index is 12.3. The van der Waals surface area contributed by atoms with Gasteiger partial charge >= 0.3 is 0 Å². The minimum absolute atomic E-state index is 0.250. The number of aromatic nitrogens is 2. The van der Waals surface area contributed by atoms with Crippen molar-refractivity contribution in [2.45, 2.75) is 32.6 Å². The van der Waals surface area contributed by atoms with Crippen LogP contribution in [0.25, 0.3) is 0 Å². The molecule has 25 heavy (non-hydrogen) atoms. The molecule has 0 bridgehead atoms. The third-order valence-corrected chi connectivity index (χ3v) is 4.95. The van der Waals surface area contributed by atoms with Gasteiger partial charge in [0.1, 0.15) is 0 Å².